The first-order valence-electron chi connectivity index (χ1n) is 14.8. The second kappa shape index (κ2) is 14.1. The van der Waals surface area contributed by atoms with E-state index in [0.717, 1.165) is 38.5 Å². The van der Waals surface area contributed by atoms with Crippen molar-refractivity contribution in [3.63, 3.8) is 0 Å². The molecule has 0 spiro atoms. The van der Waals surface area contributed by atoms with Gasteiger partial charge in [0.15, 0.2) is 0 Å². The molecule has 2 amide bonds. The molecule has 218 valence electrons. The fourth-order valence-corrected chi connectivity index (χ4v) is 5.47. The molecule has 1 aliphatic carbocycles. The van der Waals surface area contributed by atoms with Crippen LogP contribution >= 0.6 is 0 Å². The summed E-state index contributed by atoms with van der Waals surface area (Å²) in [6, 6.07) is 12.4. The fourth-order valence-electron chi connectivity index (χ4n) is 5.47. The summed E-state index contributed by atoms with van der Waals surface area (Å²) < 4.78 is 20.3. The van der Waals surface area contributed by atoms with E-state index in [1.54, 1.807) is 11.0 Å². The summed E-state index contributed by atoms with van der Waals surface area (Å²) >= 11 is 0. The Morgan fingerprint density at radius 2 is 1.98 bits per heavy atom. The summed E-state index contributed by atoms with van der Waals surface area (Å²) in [5, 5.41) is 17.8. The molecule has 1 heterocycles. The van der Waals surface area contributed by atoms with Crippen molar-refractivity contribution in [2.75, 3.05) is 26.2 Å². The molecule has 2 atom stereocenters. The minimum atomic E-state index is -0.922. The van der Waals surface area contributed by atoms with Crippen LogP contribution in [0.1, 0.15) is 75.5 Å². The monoisotopic (exact) mass is 553 g/mol. The van der Waals surface area contributed by atoms with E-state index in [-0.39, 0.29) is 43.2 Å². The lowest BCUT2D eigenvalue weighted by Crippen LogP contribution is -2.50. The van der Waals surface area contributed by atoms with E-state index in [0.29, 0.717) is 31.0 Å². The van der Waals surface area contributed by atoms with Crippen LogP contribution in [0.5, 0.6) is 5.75 Å². The van der Waals surface area contributed by atoms with Crippen molar-refractivity contribution in [3.8, 4) is 5.75 Å². The highest BCUT2D eigenvalue weighted by Crippen LogP contribution is 2.45. The van der Waals surface area contributed by atoms with Gasteiger partial charge in [0.2, 0.25) is 11.8 Å². The Hall–Kier alpha value is -2.97. The third kappa shape index (κ3) is 8.27. The summed E-state index contributed by atoms with van der Waals surface area (Å²) in [5.74, 6) is -0.334. The number of rotatable bonds is 8. The van der Waals surface area contributed by atoms with E-state index < -0.39 is 18.0 Å². The minimum absolute atomic E-state index is 0.0407. The maximum atomic E-state index is 14.5. The van der Waals surface area contributed by atoms with E-state index in [4.69, 9.17) is 4.74 Å². The van der Waals surface area contributed by atoms with Gasteiger partial charge in [-0.2, -0.15) is 0 Å². The van der Waals surface area contributed by atoms with E-state index in [1.165, 1.54) is 23.3 Å². The van der Waals surface area contributed by atoms with E-state index in [9.17, 15) is 19.1 Å². The number of aliphatic hydroxyl groups is 1. The third-order valence-corrected chi connectivity index (χ3v) is 7.99. The first-order chi connectivity index (χ1) is 19.3. The molecule has 1 saturated carbocycles. The smallest absolute Gasteiger partial charge is 0.223 e. The largest absolute Gasteiger partial charge is 0.493 e. The maximum Gasteiger partial charge on any atom is 0.223 e. The predicted molar refractivity (Wildman–Crippen MR) is 154 cm³/mol. The number of carbonyl (C=O) groups is 2. The normalized spacial score (nSPS) is 20.9. The number of carbonyl (C=O) groups excluding carboxylic acids is 2. The molecule has 8 heteroatoms. The fraction of sp³-hybridized carbons (Fsp3) is 0.562. The van der Waals surface area contributed by atoms with Crippen molar-refractivity contribution in [2.24, 2.45) is 0 Å². The van der Waals surface area contributed by atoms with Crippen molar-refractivity contribution in [2.45, 2.75) is 89.3 Å². The molecule has 2 bridgehead atoms. The zero-order chi connectivity index (χ0) is 28.5. The summed E-state index contributed by atoms with van der Waals surface area (Å²) in [5.41, 5.74) is 2.94. The molecule has 3 N–H and O–H groups in total. The van der Waals surface area contributed by atoms with Gasteiger partial charge in [0.1, 0.15) is 11.6 Å². The molecule has 0 radical (unpaired) electrons. The highest BCUT2D eigenvalue weighted by Gasteiger charge is 2.44. The van der Waals surface area contributed by atoms with E-state index in [2.05, 4.69) is 41.8 Å². The number of benzene rings is 2. The highest BCUT2D eigenvalue weighted by atomic mass is 19.1. The van der Waals surface area contributed by atoms with Gasteiger partial charge in [-0.05, 0) is 73.8 Å². The molecule has 0 saturated heterocycles. The van der Waals surface area contributed by atoms with E-state index in [1.807, 2.05) is 6.92 Å². The summed E-state index contributed by atoms with van der Waals surface area (Å²) in [6.07, 6.45) is 4.72. The van der Waals surface area contributed by atoms with Crippen LogP contribution in [-0.2, 0) is 28.0 Å². The van der Waals surface area contributed by atoms with Gasteiger partial charge in [0, 0.05) is 44.1 Å². The number of fused-ring (bicyclic) bond motifs is 2. The number of ether oxygens (including phenoxy) is 1. The zero-order valence-electron chi connectivity index (χ0n) is 23.9. The molecular weight excluding hydrogens is 509 g/mol. The Bertz CT molecular complexity index is 1150. The number of aryl methyl sites for hydroxylation is 1. The second-order valence-electron chi connectivity index (χ2n) is 11.2. The average molecular weight is 554 g/mol. The Morgan fingerprint density at radius 1 is 1.15 bits per heavy atom. The second-order valence-corrected chi connectivity index (χ2v) is 11.2. The van der Waals surface area contributed by atoms with Crippen LogP contribution in [0, 0.1) is 5.82 Å². The summed E-state index contributed by atoms with van der Waals surface area (Å²) in [6.45, 7) is 6.09. The van der Waals surface area contributed by atoms with Gasteiger partial charge in [-0.25, -0.2) is 4.39 Å². The Kier molecular flexibility index (Phi) is 10.6. The van der Waals surface area contributed by atoms with Gasteiger partial charge in [0.05, 0.1) is 18.8 Å². The Balaban J connectivity index is 1.50. The van der Waals surface area contributed by atoms with Crippen LogP contribution in [-0.4, -0.2) is 60.2 Å². The van der Waals surface area contributed by atoms with Crippen LogP contribution in [0.3, 0.4) is 0 Å². The third-order valence-electron chi connectivity index (χ3n) is 7.99. The number of hydrogen-bond acceptors (Lipinski definition) is 5. The molecule has 2 aliphatic rings. The van der Waals surface area contributed by atoms with Gasteiger partial charge in [0.25, 0.3) is 0 Å². The molecule has 2 unspecified atom stereocenters. The van der Waals surface area contributed by atoms with Crippen molar-refractivity contribution in [1.82, 2.24) is 15.5 Å². The lowest BCUT2D eigenvalue weighted by Gasteiger charge is -2.28. The molecular formula is C32H44FN3O4. The topological polar surface area (TPSA) is 90.9 Å². The van der Waals surface area contributed by atoms with Gasteiger partial charge < -0.3 is 25.4 Å². The molecule has 1 fully saturated rings. The number of nitrogens with one attached hydrogen (secondary N) is 2. The number of hydrogen-bond donors (Lipinski definition) is 3. The summed E-state index contributed by atoms with van der Waals surface area (Å²) in [4.78, 5) is 27.6. The Morgan fingerprint density at radius 3 is 2.73 bits per heavy atom. The van der Waals surface area contributed by atoms with Crippen molar-refractivity contribution >= 4 is 11.8 Å². The van der Waals surface area contributed by atoms with Gasteiger partial charge in [-0.15, -0.1) is 0 Å². The van der Waals surface area contributed by atoms with Crippen molar-refractivity contribution < 1.29 is 23.8 Å². The van der Waals surface area contributed by atoms with Crippen LogP contribution in [0.4, 0.5) is 4.39 Å². The van der Waals surface area contributed by atoms with Gasteiger partial charge in [-0.3, -0.25) is 9.59 Å². The number of nitrogens with zero attached hydrogens (tertiary/aromatic N) is 1. The molecule has 40 heavy (non-hydrogen) atoms. The lowest BCUT2D eigenvalue weighted by molar-refractivity contribution is -0.134. The average Bonchev–Trinajstić information content (AvgIpc) is 3.74. The number of aliphatic hydroxyl groups excluding tert-OH is 1. The van der Waals surface area contributed by atoms with Crippen LogP contribution < -0.4 is 15.4 Å². The van der Waals surface area contributed by atoms with Crippen LogP contribution in [0.15, 0.2) is 42.5 Å². The predicted octanol–water partition coefficient (Wildman–Crippen LogP) is 4.25. The minimum Gasteiger partial charge on any atom is -0.493 e. The van der Waals surface area contributed by atoms with Crippen molar-refractivity contribution in [1.29, 1.82) is 0 Å². The highest BCUT2D eigenvalue weighted by molar-refractivity contribution is 5.84. The molecule has 7 nitrogen and oxygen atoms in total. The first kappa shape index (κ1) is 30.0. The van der Waals surface area contributed by atoms with Crippen molar-refractivity contribution in [3.05, 3.63) is 65.0 Å². The summed E-state index contributed by atoms with van der Waals surface area (Å²) in [7, 11) is 0. The molecule has 2 aromatic carbocycles. The first-order valence-corrected chi connectivity index (χ1v) is 14.8. The zero-order valence-corrected chi connectivity index (χ0v) is 23.9. The van der Waals surface area contributed by atoms with Crippen LogP contribution in [0.25, 0.3) is 0 Å². The SMILES string of the molecule is CCCN1CCCCOc2cc(F)cc(c2)CC(C(O)CNC2(c3cccc(CC)c3)CC2)NC(=O)CCC1=O. The lowest BCUT2D eigenvalue weighted by atomic mass is 9.98. The maximum absolute atomic E-state index is 14.5. The van der Waals surface area contributed by atoms with Gasteiger partial charge in [-0.1, -0.05) is 38.1 Å². The standard InChI is InChI=1S/C32H44FN3O4/c1-3-14-36-15-5-6-16-40-27-19-24(18-26(33)21-27)20-28(35-30(38)10-11-31(36)39)29(37)22-34-32(12-13-32)25-9-7-8-23(4-2)17-25/h7-9,17-19,21,28-29,34,37H,3-6,10-16,20,22H2,1-2H3,(H,35,38). The van der Waals surface area contributed by atoms with Gasteiger partial charge >= 0.3 is 0 Å². The van der Waals surface area contributed by atoms with E-state index >= 15 is 0 Å². The molecule has 1 aliphatic heterocycles. The molecule has 0 aromatic heterocycles. The molecule has 2 aromatic rings. The number of halogens is 1. The number of amides is 2. The quantitative estimate of drug-likeness (QED) is 0.455. The Labute approximate surface area is 237 Å². The molecule has 4 rings (SSSR count). The van der Waals surface area contributed by atoms with Crippen LogP contribution in [0.2, 0.25) is 0 Å².